The van der Waals surface area contributed by atoms with Crippen LogP contribution in [0.4, 0.5) is 11.6 Å². The number of nitrogens with zero attached hydrogens (tertiary/aromatic N) is 3. The predicted molar refractivity (Wildman–Crippen MR) is 84.7 cm³/mol. The largest absolute Gasteiger partial charge is 0.324 e. The van der Waals surface area contributed by atoms with Gasteiger partial charge >= 0.3 is 0 Å². The molecule has 0 saturated carbocycles. The van der Waals surface area contributed by atoms with Crippen molar-refractivity contribution >= 4 is 23.2 Å². The highest BCUT2D eigenvalue weighted by atomic mass is 35.5. The van der Waals surface area contributed by atoms with E-state index in [-0.39, 0.29) is 0 Å². The maximum absolute atomic E-state index is 5.97. The third kappa shape index (κ3) is 3.17. The number of aryl methyl sites for hydroxylation is 1. The van der Waals surface area contributed by atoms with Gasteiger partial charge in [0.05, 0.1) is 5.69 Å². The van der Waals surface area contributed by atoms with Crippen molar-refractivity contribution in [2.45, 2.75) is 6.92 Å². The maximum atomic E-state index is 5.97. The molecule has 21 heavy (non-hydrogen) atoms. The molecule has 0 saturated heterocycles. The van der Waals surface area contributed by atoms with E-state index in [1.807, 2.05) is 49.5 Å². The van der Waals surface area contributed by atoms with E-state index in [0.29, 0.717) is 11.0 Å². The van der Waals surface area contributed by atoms with Crippen molar-refractivity contribution in [2.24, 2.45) is 0 Å². The lowest BCUT2D eigenvalue weighted by Crippen LogP contribution is -1.98. The first-order chi connectivity index (χ1) is 10.2. The molecular formula is C16H13ClN4. The fourth-order valence-electron chi connectivity index (χ4n) is 2.03. The number of anilines is 2. The van der Waals surface area contributed by atoms with Gasteiger partial charge in [0.25, 0.3) is 0 Å². The summed E-state index contributed by atoms with van der Waals surface area (Å²) in [6.07, 6.45) is 5.31. The highest BCUT2D eigenvalue weighted by Crippen LogP contribution is 2.22. The third-order valence-corrected chi connectivity index (χ3v) is 3.27. The molecule has 4 nitrogen and oxygen atoms in total. The van der Waals surface area contributed by atoms with E-state index in [4.69, 9.17) is 11.6 Å². The second kappa shape index (κ2) is 5.89. The molecule has 2 heterocycles. The first-order valence-corrected chi connectivity index (χ1v) is 6.87. The molecule has 0 amide bonds. The first-order valence-electron chi connectivity index (χ1n) is 6.49. The zero-order valence-electron chi connectivity index (χ0n) is 11.4. The van der Waals surface area contributed by atoms with Crippen LogP contribution in [0.1, 0.15) is 5.56 Å². The fraction of sp³-hybridized carbons (Fsp3) is 0.0625. The molecule has 3 rings (SSSR count). The van der Waals surface area contributed by atoms with Gasteiger partial charge in [-0.05, 0) is 42.8 Å². The molecule has 0 aliphatic rings. The lowest BCUT2D eigenvalue weighted by atomic mass is 10.1. The van der Waals surface area contributed by atoms with Crippen molar-refractivity contribution in [3.63, 3.8) is 0 Å². The van der Waals surface area contributed by atoms with Gasteiger partial charge in [0.15, 0.2) is 0 Å². The third-order valence-electron chi connectivity index (χ3n) is 3.03. The number of halogens is 1. The zero-order valence-corrected chi connectivity index (χ0v) is 12.2. The molecule has 0 radical (unpaired) electrons. The number of hydrogen-bond acceptors (Lipinski definition) is 4. The molecule has 1 N–H and O–H groups in total. The maximum Gasteiger partial charge on any atom is 0.227 e. The Morgan fingerprint density at radius 2 is 2.00 bits per heavy atom. The Morgan fingerprint density at radius 3 is 2.81 bits per heavy atom. The van der Waals surface area contributed by atoms with E-state index in [1.165, 1.54) is 0 Å². The fourth-order valence-corrected chi connectivity index (χ4v) is 2.22. The summed E-state index contributed by atoms with van der Waals surface area (Å²) in [4.78, 5) is 12.9. The topological polar surface area (TPSA) is 50.7 Å². The van der Waals surface area contributed by atoms with Crippen LogP contribution < -0.4 is 5.32 Å². The lowest BCUT2D eigenvalue weighted by molar-refractivity contribution is 1.16. The minimum absolute atomic E-state index is 0.533. The molecular weight excluding hydrogens is 284 g/mol. The molecule has 0 fully saturated rings. The van der Waals surface area contributed by atoms with Crippen molar-refractivity contribution in [1.82, 2.24) is 15.0 Å². The smallest absolute Gasteiger partial charge is 0.227 e. The number of rotatable bonds is 3. The second-order valence-electron chi connectivity index (χ2n) is 4.59. The van der Waals surface area contributed by atoms with Crippen LogP contribution in [0.5, 0.6) is 0 Å². The SMILES string of the molecule is Cc1cnccc1-c1ccnc(Nc2cccc(Cl)c2)n1. The number of nitrogens with one attached hydrogen (secondary N) is 1. The molecule has 0 aliphatic heterocycles. The van der Waals surface area contributed by atoms with E-state index >= 15 is 0 Å². The van der Waals surface area contributed by atoms with Crippen molar-refractivity contribution in [1.29, 1.82) is 0 Å². The normalized spacial score (nSPS) is 10.4. The summed E-state index contributed by atoms with van der Waals surface area (Å²) in [6.45, 7) is 2.01. The molecule has 3 aromatic rings. The van der Waals surface area contributed by atoms with Crippen molar-refractivity contribution in [3.8, 4) is 11.3 Å². The number of pyridine rings is 1. The Hall–Kier alpha value is -2.46. The van der Waals surface area contributed by atoms with Gasteiger partial charge in [0, 0.05) is 34.9 Å². The lowest BCUT2D eigenvalue weighted by Gasteiger charge is -2.08. The summed E-state index contributed by atoms with van der Waals surface area (Å²) in [5, 5.41) is 3.82. The van der Waals surface area contributed by atoms with Crippen LogP contribution >= 0.6 is 11.6 Å². The van der Waals surface area contributed by atoms with Crippen LogP contribution in [0, 0.1) is 6.92 Å². The minimum atomic E-state index is 0.533. The van der Waals surface area contributed by atoms with E-state index in [1.54, 1.807) is 12.4 Å². The van der Waals surface area contributed by atoms with Crippen LogP contribution in [-0.2, 0) is 0 Å². The average molecular weight is 297 g/mol. The van der Waals surface area contributed by atoms with Gasteiger partial charge in [0.1, 0.15) is 0 Å². The minimum Gasteiger partial charge on any atom is -0.324 e. The van der Waals surface area contributed by atoms with Crippen LogP contribution in [0.25, 0.3) is 11.3 Å². The average Bonchev–Trinajstić information content (AvgIpc) is 2.48. The molecule has 0 aliphatic carbocycles. The van der Waals surface area contributed by atoms with Gasteiger partial charge in [-0.3, -0.25) is 4.98 Å². The Bertz CT molecular complexity index is 773. The quantitative estimate of drug-likeness (QED) is 0.785. The van der Waals surface area contributed by atoms with Crippen LogP contribution in [0.2, 0.25) is 5.02 Å². The standard InChI is InChI=1S/C16H13ClN4/c1-11-10-18-7-5-14(11)15-6-8-19-16(21-15)20-13-4-2-3-12(17)9-13/h2-10H,1H3,(H,19,20,21). The molecule has 0 unspecified atom stereocenters. The predicted octanol–water partition coefficient (Wildman–Crippen LogP) is 4.24. The van der Waals surface area contributed by atoms with Crippen molar-refractivity contribution < 1.29 is 0 Å². The van der Waals surface area contributed by atoms with Gasteiger partial charge in [-0.25, -0.2) is 9.97 Å². The highest BCUT2D eigenvalue weighted by molar-refractivity contribution is 6.30. The van der Waals surface area contributed by atoms with Crippen LogP contribution in [0.15, 0.2) is 55.0 Å². The Balaban J connectivity index is 1.92. The van der Waals surface area contributed by atoms with E-state index in [2.05, 4.69) is 20.3 Å². The zero-order chi connectivity index (χ0) is 14.7. The molecule has 0 spiro atoms. The summed E-state index contributed by atoms with van der Waals surface area (Å²) in [7, 11) is 0. The van der Waals surface area contributed by atoms with E-state index < -0.39 is 0 Å². The van der Waals surface area contributed by atoms with Crippen LogP contribution in [-0.4, -0.2) is 15.0 Å². The molecule has 5 heteroatoms. The molecule has 0 atom stereocenters. The molecule has 104 valence electrons. The van der Waals surface area contributed by atoms with Gasteiger partial charge < -0.3 is 5.32 Å². The van der Waals surface area contributed by atoms with Gasteiger partial charge in [-0.1, -0.05) is 17.7 Å². The highest BCUT2D eigenvalue weighted by Gasteiger charge is 2.05. The van der Waals surface area contributed by atoms with Gasteiger partial charge in [-0.15, -0.1) is 0 Å². The van der Waals surface area contributed by atoms with Gasteiger partial charge in [-0.2, -0.15) is 0 Å². The number of hydrogen-bond donors (Lipinski definition) is 1. The monoisotopic (exact) mass is 296 g/mol. The van der Waals surface area contributed by atoms with Gasteiger partial charge in [0.2, 0.25) is 5.95 Å². The summed E-state index contributed by atoms with van der Waals surface area (Å²) in [5.74, 6) is 0.533. The van der Waals surface area contributed by atoms with Crippen molar-refractivity contribution in [2.75, 3.05) is 5.32 Å². The summed E-state index contributed by atoms with van der Waals surface area (Å²) < 4.78 is 0. The Morgan fingerprint density at radius 1 is 1.10 bits per heavy atom. The van der Waals surface area contributed by atoms with E-state index in [9.17, 15) is 0 Å². The first kappa shape index (κ1) is 13.5. The van der Waals surface area contributed by atoms with E-state index in [0.717, 1.165) is 22.5 Å². The summed E-state index contributed by atoms with van der Waals surface area (Å²) in [5.41, 5.74) is 3.83. The Kier molecular flexibility index (Phi) is 3.79. The number of benzene rings is 1. The Labute approximate surface area is 127 Å². The summed E-state index contributed by atoms with van der Waals surface area (Å²) in [6, 6.07) is 11.3. The summed E-state index contributed by atoms with van der Waals surface area (Å²) >= 11 is 5.97. The second-order valence-corrected chi connectivity index (χ2v) is 5.03. The van der Waals surface area contributed by atoms with Crippen LogP contribution in [0.3, 0.4) is 0 Å². The molecule has 2 aromatic heterocycles. The molecule has 1 aromatic carbocycles. The number of aromatic nitrogens is 3. The van der Waals surface area contributed by atoms with Crippen molar-refractivity contribution in [3.05, 3.63) is 65.6 Å². The molecule has 0 bridgehead atoms.